The standard InChI is InChI=1S/C18H23N3O2S/c22-18(21-9-11-23-12-10-21)14-5-7-20(8-6-14)13-17-19-15-3-1-2-4-16(15)24-17/h1-4,14H,5-13H2. The molecule has 1 aromatic heterocycles. The maximum Gasteiger partial charge on any atom is 0.225 e. The van der Waals surface area contributed by atoms with Crippen LogP contribution in [0.1, 0.15) is 17.8 Å². The van der Waals surface area contributed by atoms with Gasteiger partial charge in [-0.15, -0.1) is 11.3 Å². The van der Waals surface area contributed by atoms with Crippen LogP contribution < -0.4 is 0 Å². The van der Waals surface area contributed by atoms with Crippen molar-refractivity contribution in [3.63, 3.8) is 0 Å². The Kier molecular flexibility index (Phi) is 4.78. The van der Waals surface area contributed by atoms with Gasteiger partial charge in [0, 0.05) is 19.0 Å². The van der Waals surface area contributed by atoms with E-state index in [2.05, 4.69) is 23.1 Å². The number of carbonyl (C=O) groups is 1. The number of hydrogen-bond donors (Lipinski definition) is 0. The summed E-state index contributed by atoms with van der Waals surface area (Å²) in [5, 5.41) is 1.18. The number of hydrogen-bond acceptors (Lipinski definition) is 5. The zero-order chi connectivity index (χ0) is 16.4. The van der Waals surface area contributed by atoms with Gasteiger partial charge in [-0.25, -0.2) is 4.98 Å². The minimum atomic E-state index is 0.190. The molecule has 3 heterocycles. The van der Waals surface area contributed by atoms with Crippen molar-refractivity contribution >= 4 is 27.5 Å². The minimum absolute atomic E-state index is 0.190. The highest BCUT2D eigenvalue weighted by atomic mass is 32.1. The first-order valence-electron chi connectivity index (χ1n) is 8.73. The van der Waals surface area contributed by atoms with Crippen molar-refractivity contribution in [2.45, 2.75) is 19.4 Å². The summed E-state index contributed by atoms with van der Waals surface area (Å²) in [6, 6.07) is 8.30. The summed E-state index contributed by atoms with van der Waals surface area (Å²) >= 11 is 1.78. The third-order valence-corrected chi connectivity index (χ3v) is 5.98. The van der Waals surface area contributed by atoms with Crippen molar-refractivity contribution < 1.29 is 9.53 Å². The zero-order valence-electron chi connectivity index (χ0n) is 13.8. The highest BCUT2D eigenvalue weighted by molar-refractivity contribution is 7.18. The van der Waals surface area contributed by atoms with E-state index in [1.54, 1.807) is 11.3 Å². The second-order valence-electron chi connectivity index (χ2n) is 6.56. The van der Waals surface area contributed by atoms with Gasteiger partial charge in [-0.3, -0.25) is 9.69 Å². The van der Waals surface area contributed by atoms with Crippen LogP contribution in [0.3, 0.4) is 0 Å². The SMILES string of the molecule is O=C(C1CCN(Cc2nc3ccccc3s2)CC1)N1CCOCC1. The quantitative estimate of drug-likeness (QED) is 0.857. The lowest BCUT2D eigenvalue weighted by Crippen LogP contribution is -2.46. The summed E-state index contributed by atoms with van der Waals surface area (Å²) in [5.41, 5.74) is 1.09. The van der Waals surface area contributed by atoms with Crippen molar-refractivity contribution in [1.82, 2.24) is 14.8 Å². The molecule has 0 bridgehead atoms. The molecule has 0 radical (unpaired) electrons. The molecule has 24 heavy (non-hydrogen) atoms. The van der Waals surface area contributed by atoms with E-state index in [9.17, 15) is 4.79 Å². The van der Waals surface area contributed by atoms with Crippen LogP contribution in [0.25, 0.3) is 10.2 Å². The van der Waals surface area contributed by atoms with Crippen LogP contribution in [0.4, 0.5) is 0 Å². The summed E-state index contributed by atoms with van der Waals surface area (Å²) in [5.74, 6) is 0.521. The number of nitrogens with zero attached hydrogens (tertiary/aromatic N) is 3. The molecule has 4 rings (SSSR count). The van der Waals surface area contributed by atoms with E-state index in [-0.39, 0.29) is 5.92 Å². The number of thiazole rings is 1. The predicted molar refractivity (Wildman–Crippen MR) is 95.0 cm³/mol. The van der Waals surface area contributed by atoms with Gasteiger partial charge in [-0.1, -0.05) is 12.1 Å². The van der Waals surface area contributed by atoms with Crippen molar-refractivity contribution in [2.75, 3.05) is 39.4 Å². The molecule has 1 aromatic carbocycles. The average Bonchev–Trinajstić information content (AvgIpc) is 3.05. The van der Waals surface area contributed by atoms with E-state index in [0.717, 1.165) is 51.1 Å². The van der Waals surface area contributed by atoms with Gasteiger partial charge in [0.05, 0.1) is 30.0 Å². The highest BCUT2D eigenvalue weighted by Crippen LogP contribution is 2.25. The number of likely N-dealkylation sites (tertiary alicyclic amines) is 1. The van der Waals surface area contributed by atoms with Crippen LogP contribution in [0.2, 0.25) is 0 Å². The molecule has 2 aromatic rings. The normalized spacial score (nSPS) is 20.6. The number of piperidine rings is 1. The third kappa shape index (κ3) is 3.45. The Labute approximate surface area is 146 Å². The molecule has 0 unspecified atom stereocenters. The number of para-hydroxylation sites is 1. The summed E-state index contributed by atoms with van der Waals surface area (Å²) in [6.07, 6.45) is 1.92. The van der Waals surface area contributed by atoms with Crippen LogP contribution >= 0.6 is 11.3 Å². The molecule has 128 valence electrons. The molecule has 2 aliphatic rings. The maximum atomic E-state index is 12.6. The fourth-order valence-corrected chi connectivity index (χ4v) is 4.57. The molecule has 2 fully saturated rings. The van der Waals surface area contributed by atoms with Gasteiger partial charge < -0.3 is 9.64 Å². The number of carbonyl (C=O) groups excluding carboxylic acids is 1. The van der Waals surface area contributed by atoms with Gasteiger partial charge in [-0.05, 0) is 38.1 Å². The van der Waals surface area contributed by atoms with E-state index in [1.807, 2.05) is 11.0 Å². The van der Waals surface area contributed by atoms with E-state index >= 15 is 0 Å². The third-order valence-electron chi connectivity index (χ3n) is 4.96. The van der Waals surface area contributed by atoms with Gasteiger partial charge >= 0.3 is 0 Å². The molecule has 1 amide bonds. The summed E-state index contributed by atoms with van der Waals surface area (Å²) in [7, 11) is 0. The Hall–Kier alpha value is -1.50. The first-order chi connectivity index (χ1) is 11.8. The molecule has 5 nitrogen and oxygen atoms in total. The molecule has 2 aliphatic heterocycles. The molecular weight excluding hydrogens is 322 g/mol. The number of benzene rings is 1. The molecule has 0 saturated carbocycles. The fourth-order valence-electron chi connectivity index (χ4n) is 3.56. The molecule has 2 saturated heterocycles. The fraction of sp³-hybridized carbons (Fsp3) is 0.556. The molecular formula is C18H23N3O2S. The largest absolute Gasteiger partial charge is 0.378 e. The van der Waals surface area contributed by atoms with E-state index in [4.69, 9.17) is 9.72 Å². The van der Waals surface area contributed by atoms with Crippen molar-refractivity contribution in [1.29, 1.82) is 0 Å². The first-order valence-corrected chi connectivity index (χ1v) is 9.54. The monoisotopic (exact) mass is 345 g/mol. The van der Waals surface area contributed by atoms with Crippen LogP contribution in [0.15, 0.2) is 24.3 Å². The summed E-state index contributed by atoms with van der Waals surface area (Å²) < 4.78 is 6.59. The van der Waals surface area contributed by atoms with Crippen LogP contribution in [-0.2, 0) is 16.1 Å². The predicted octanol–water partition coefficient (Wildman–Crippen LogP) is 2.37. The second kappa shape index (κ2) is 7.17. The number of morpholine rings is 1. The maximum absolute atomic E-state index is 12.6. The van der Waals surface area contributed by atoms with Gasteiger partial charge in [-0.2, -0.15) is 0 Å². The van der Waals surface area contributed by atoms with Crippen LogP contribution in [0.5, 0.6) is 0 Å². The van der Waals surface area contributed by atoms with Crippen molar-refractivity contribution in [2.24, 2.45) is 5.92 Å². The average molecular weight is 345 g/mol. The molecule has 6 heteroatoms. The molecule has 0 spiro atoms. The lowest BCUT2D eigenvalue weighted by atomic mass is 9.95. The van der Waals surface area contributed by atoms with Gasteiger partial charge in [0.1, 0.15) is 5.01 Å². The Morgan fingerprint density at radius 3 is 2.67 bits per heavy atom. The van der Waals surface area contributed by atoms with E-state index in [0.29, 0.717) is 19.1 Å². The van der Waals surface area contributed by atoms with Crippen LogP contribution in [-0.4, -0.2) is 60.1 Å². The topological polar surface area (TPSA) is 45.7 Å². The van der Waals surface area contributed by atoms with Gasteiger partial charge in [0.15, 0.2) is 0 Å². The number of amides is 1. The highest BCUT2D eigenvalue weighted by Gasteiger charge is 2.29. The minimum Gasteiger partial charge on any atom is -0.378 e. The molecule has 0 atom stereocenters. The Bertz CT molecular complexity index is 670. The zero-order valence-corrected chi connectivity index (χ0v) is 14.6. The van der Waals surface area contributed by atoms with Crippen molar-refractivity contribution in [3.05, 3.63) is 29.3 Å². The first kappa shape index (κ1) is 16.0. The Morgan fingerprint density at radius 1 is 1.17 bits per heavy atom. The van der Waals surface area contributed by atoms with E-state index in [1.165, 1.54) is 9.71 Å². The van der Waals surface area contributed by atoms with Gasteiger partial charge in [0.25, 0.3) is 0 Å². The number of rotatable bonds is 3. The Balaban J connectivity index is 1.31. The van der Waals surface area contributed by atoms with Gasteiger partial charge in [0.2, 0.25) is 5.91 Å². The molecule has 0 N–H and O–H groups in total. The second-order valence-corrected chi connectivity index (χ2v) is 7.68. The Morgan fingerprint density at radius 2 is 1.92 bits per heavy atom. The number of ether oxygens (including phenoxy) is 1. The lowest BCUT2D eigenvalue weighted by molar-refractivity contribution is -0.141. The molecule has 0 aliphatic carbocycles. The number of fused-ring (bicyclic) bond motifs is 1. The number of aromatic nitrogens is 1. The lowest BCUT2D eigenvalue weighted by Gasteiger charge is -2.35. The smallest absolute Gasteiger partial charge is 0.225 e. The van der Waals surface area contributed by atoms with E-state index < -0.39 is 0 Å². The van der Waals surface area contributed by atoms with Crippen LogP contribution in [0, 0.1) is 5.92 Å². The van der Waals surface area contributed by atoms with Crippen molar-refractivity contribution in [3.8, 4) is 0 Å². The summed E-state index contributed by atoms with van der Waals surface area (Å²) in [6.45, 7) is 5.74. The summed E-state index contributed by atoms with van der Waals surface area (Å²) in [4.78, 5) is 21.7.